The number of carbonyl (C=O) groups is 1. The van der Waals surface area contributed by atoms with Gasteiger partial charge in [-0.15, -0.1) is 0 Å². The van der Waals surface area contributed by atoms with Crippen LogP contribution in [0, 0.1) is 11.3 Å². The molecule has 0 unspecified atom stereocenters. The Morgan fingerprint density at radius 1 is 1.53 bits per heavy atom. The van der Waals surface area contributed by atoms with Crippen LogP contribution in [-0.4, -0.2) is 28.9 Å². The number of ether oxygens (including phenoxy) is 1. The zero-order chi connectivity index (χ0) is 13.7. The molecule has 5 nitrogen and oxygen atoms in total. The number of nitriles is 1. The quantitative estimate of drug-likeness (QED) is 0.827. The van der Waals surface area contributed by atoms with Crippen LogP contribution in [-0.2, 0) is 11.3 Å². The van der Waals surface area contributed by atoms with Crippen LogP contribution in [0.2, 0.25) is 0 Å². The van der Waals surface area contributed by atoms with Gasteiger partial charge in [-0.1, -0.05) is 0 Å². The van der Waals surface area contributed by atoms with Crippen molar-refractivity contribution in [2.75, 3.05) is 13.2 Å². The average molecular weight is 259 g/mol. The molecule has 0 radical (unpaired) electrons. The number of carbonyl (C=O) groups excluding carboxylic acids is 1. The highest BCUT2D eigenvalue weighted by molar-refractivity contribution is 5.76. The van der Waals surface area contributed by atoms with Crippen LogP contribution >= 0.6 is 0 Å². The summed E-state index contributed by atoms with van der Waals surface area (Å²) < 4.78 is 5.42. The molecule has 1 aromatic heterocycles. The summed E-state index contributed by atoms with van der Waals surface area (Å²) in [5.41, 5.74) is 1.19. The number of hydrogen-bond donors (Lipinski definition) is 0. The molecule has 0 N–H and O–H groups in total. The van der Waals surface area contributed by atoms with Crippen molar-refractivity contribution < 1.29 is 9.53 Å². The molecule has 100 valence electrons. The molecule has 19 heavy (non-hydrogen) atoms. The Balaban J connectivity index is 2.14. The van der Waals surface area contributed by atoms with Crippen LogP contribution in [0.3, 0.4) is 0 Å². The second-order valence-corrected chi connectivity index (χ2v) is 4.49. The monoisotopic (exact) mass is 259 g/mol. The van der Waals surface area contributed by atoms with E-state index >= 15 is 0 Å². The van der Waals surface area contributed by atoms with E-state index in [2.05, 4.69) is 11.1 Å². The van der Waals surface area contributed by atoms with Gasteiger partial charge in [0.1, 0.15) is 17.4 Å². The lowest BCUT2D eigenvalue weighted by Gasteiger charge is -2.26. The molecule has 1 aromatic rings. The first kappa shape index (κ1) is 13.3. The third-order valence-corrected chi connectivity index (χ3v) is 3.12. The van der Waals surface area contributed by atoms with E-state index in [9.17, 15) is 4.79 Å². The smallest absolute Gasteiger partial charge is 0.222 e. The summed E-state index contributed by atoms with van der Waals surface area (Å²) in [5.74, 6) is 0.717. The fourth-order valence-electron chi connectivity index (χ4n) is 2.15. The Hall–Kier alpha value is -2.09. The normalized spacial score (nSPS) is 15.2. The first-order chi connectivity index (χ1) is 9.24. The number of nitrogens with zero attached hydrogens (tertiary/aromatic N) is 3. The largest absolute Gasteiger partial charge is 0.492 e. The first-order valence-electron chi connectivity index (χ1n) is 6.54. The molecular weight excluding hydrogens is 242 g/mol. The van der Waals surface area contributed by atoms with Crippen molar-refractivity contribution >= 4 is 5.91 Å². The predicted octanol–water partition coefficient (Wildman–Crippen LogP) is 1.86. The Bertz CT molecular complexity index is 508. The lowest BCUT2D eigenvalue weighted by Crippen LogP contribution is -2.34. The minimum atomic E-state index is 0.176. The van der Waals surface area contributed by atoms with E-state index < -0.39 is 0 Å². The summed E-state index contributed by atoms with van der Waals surface area (Å²) in [6.45, 7) is 3.64. The molecule has 0 bridgehead atoms. The summed E-state index contributed by atoms with van der Waals surface area (Å²) >= 11 is 0. The first-order valence-corrected chi connectivity index (χ1v) is 6.54. The van der Waals surface area contributed by atoms with E-state index in [4.69, 9.17) is 10.00 Å². The maximum Gasteiger partial charge on any atom is 0.222 e. The minimum Gasteiger partial charge on any atom is -0.492 e. The second kappa shape index (κ2) is 6.19. The van der Waals surface area contributed by atoms with Crippen LogP contribution in [0.5, 0.6) is 5.75 Å². The number of likely N-dealkylation sites (tertiary alicyclic amines) is 1. The van der Waals surface area contributed by atoms with Gasteiger partial charge in [0.2, 0.25) is 5.91 Å². The molecule has 0 spiro atoms. The fraction of sp³-hybridized carbons (Fsp3) is 0.500. The highest BCUT2D eigenvalue weighted by Crippen LogP contribution is 2.20. The van der Waals surface area contributed by atoms with E-state index in [0.29, 0.717) is 30.9 Å². The molecule has 2 rings (SSSR count). The lowest BCUT2D eigenvalue weighted by molar-refractivity contribution is -0.133. The molecule has 1 aliphatic heterocycles. The Morgan fingerprint density at radius 2 is 2.37 bits per heavy atom. The maximum atomic E-state index is 11.7. The van der Waals surface area contributed by atoms with Gasteiger partial charge in [0, 0.05) is 25.2 Å². The molecule has 0 saturated carbocycles. The third kappa shape index (κ3) is 3.22. The van der Waals surface area contributed by atoms with Gasteiger partial charge in [-0.25, -0.2) is 0 Å². The Morgan fingerprint density at radius 3 is 3.05 bits per heavy atom. The fourth-order valence-corrected chi connectivity index (χ4v) is 2.15. The minimum absolute atomic E-state index is 0.176. The SMILES string of the molecule is CCOc1cc(CN2CCCCC2=O)ncc1C#N. The van der Waals surface area contributed by atoms with Crippen molar-refractivity contribution in [2.24, 2.45) is 0 Å². The summed E-state index contributed by atoms with van der Waals surface area (Å²) in [5, 5.41) is 8.96. The molecule has 2 heterocycles. The maximum absolute atomic E-state index is 11.7. The van der Waals surface area contributed by atoms with E-state index in [1.165, 1.54) is 6.20 Å². The van der Waals surface area contributed by atoms with Crippen LogP contribution in [0.25, 0.3) is 0 Å². The van der Waals surface area contributed by atoms with Crippen LogP contribution in [0.15, 0.2) is 12.3 Å². The lowest BCUT2D eigenvalue weighted by atomic mass is 10.1. The van der Waals surface area contributed by atoms with Gasteiger partial charge in [0.25, 0.3) is 0 Å². The molecule has 1 fully saturated rings. The van der Waals surface area contributed by atoms with E-state index in [0.717, 1.165) is 25.1 Å². The molecule has 0 aliphatic carbocycles. The highest BCUT2D eigenvalue weighted by Gasteiger charge is 2.19. The zero-order valence-electron chi connectivity index (χ0n) is 11.1. The van der Waals surface area contributed by atoms with Gasteiger partial charge in [0.05, 0.1) is 18.8 Å². The molecule has 1 aliphatic rings. The van der Waals surface area contributed by atoms with Crippen molar-refractivity contribution in [2.45, 2.75) is 32.7 Å². The highest BCUT2D eigenvalue weighted by atomic mass is 16.5. The van der Waals surface area contributed by atoms with Gasteiger partial charge in [-0.2, -0.15) is 5.26 Å². The van der Waals surface area contributed by atoms with Crippen LogP contribution in [0.1, 0.15) is 37.4 Å². The van der Waals surface area contributed by atoms with Crippen LogP contribution < -0.4 is 4.74 Å². The van der Waals surface area contributed by atoms with Crippen molar-refractivity contribution in [3.05, 3.63) is 23.5 Å². The Labute approximate surface area is 112 Å². The summed E-state index contributed by atoms with van der Waals surface area (Å²) in [6.07, 6.45) is 4.14. The van der Waals surface area contributed by atoms with Crippen molar-refractivity contribution in [1.82, 2.24) is 9.88 Å². The molecule has 0 aromatic carbocycles. The standard InChI is InChI=1S/C14H17N3O2/c1-2-19-13-7-12(16-9-11(13)8-15)10-17-6-4-3-5-14(17)18/h7,9H,2-6,10H2,1H3. The summed E-state index contributed by atoms with van der Waals surface area (Å²) in [7, 11) is 0. The predicted molar refractivity (Wildman–Crippen MR) is 69.4 cm³/mol. The van der Waals surface area contributed by atoms with Gasteiger partial charge in [-0.05, 0) is 19.8 Å². The average Bonchev–Trinajstić information content (AvgIpc) is 2.42. The number of pyridine rings is 1. The van der Waals surface area contributed by atoms with E-state index in [-0.39, 0.29) is 5.91 Å². The number of amides is 1. The summed E-state index contributed by atoms with van der Waals surface area (Å²) in [6, 6.07) is 3.81. The van der Waals surface area contributed by atoms with Gasteiger partial charge in [-0.3, -0.25) is 9.78 Å². The van der Waals surface area contributed by atoms with Crippen LogP contribution in [0.4, 0.5) is 0 Å². The molecule has 1 saturated heterocycles. The number of aromatic nitrogens is 1. The zero-order valence-corrected chi connectivity index (χ0v) is 11.1. The van der Waals surface area contributed by atoms with Crippen molar-refractivity contribution in [3.8, 4) is 11.8 Å². The topological polar surface area (TPSA) is 66.2 Å². The summed E-state index contributed by atoms with van der Waals surface area (Å²) in [4.78, 5) is 17.8. The third-order valence-electron chi connectivity index (χ3n) is 3.12. The number of rotatable bonds is 4. The van der Waals surface area contributed by atoms with Gasteiger partial charge in [0.15, 0.2) is 0 Å². The Kier molecular flexibility index (Phi) is 4.35. The number of hydrogen-bond acceptors (Lipinski definition) is 4. The van der Waals surface area contributed by atoms with E-state index in [1.807, 2.05) is 11.8 Å². The second-order valence-electron chi connectivity index (χ2n) is 4.49. The molecule has 5 heteroatoms. The van der Waals surface area contributed by atoms with Crippen molar-refractivity contribution in [1.29, 1.82) is 5.26 Å². The van der Waals surface area contributed by atoms with Crippen molar-refractivity contribution in [3.63, 3.8) is 0 Å². The number of piperidine rings is 1. The van der Waals surface area contributed by atoms with Gasteiger partial charge < -0.3 is 9.64 Å². The molecule has 0 atom stereocenters. The molecular formula is C14H17N3O2. The van der Waals surface area contributed by atoms with Gasteiger partial charge >= 0.3 is 0 Å². The molecule has 1 amide bonds. The van der Waals surface area contributed by atoms with E-state index in [1.54, 1.807) is 6.07 Å².